The molecule has 0 radical (unpaired) electrons. The maximum Gasteiger partial charge on any atom is 0.273 e. The lowest BCUT2D eigenvalue weighted by Crippen LogP contribution is -2.55. The van der Waals surface area contributed by atoms with E-state index in [-0.39, 0.29) is 16.9 Å². The number of hydrogen-bond acceptors (Lipinski definition) is 3. The van der Waals surface area contributed by atoms with Gasteiger partial charge in [-0.1, -0.05) is 52.1 Å². The third-order valence-corrected chi connectivity index (χ3v) is 4.96. The summed E-state index contributed by atoms with van der Waals surface area (Å²) >= 11 is 0. The van der Waals surface area contributed by atoms with Crippen LogP contribution in [0.25, 0.3) is 0 Å². The summed E-state index contributed by atoms with van der Waals surface area (Å²) in [5, 5.41) is 7.06. The standard InChI is InChI=1S/C18H32N2O2/c1-7-10-12-18(6,11-8-2)17(4,5)19-16(21)15-13-14(9-3)22-20-15/h13H,7-12H2,1-6H3,(H,19,21). The second kappa shape index (κ2) is 7.80. The highest BCUT2D eigenvalue weighted by Crippen LogP contribution is 2.40. The number of amides is 1. The van der Waals surface area contributed by atoms with Gasteiger partial charge in [-0.3, -0.25) is 4.79 Å². The number of unbranched alkanes of at least 4 members (excludes halogenated alkanes) is 1. The third-order valence-electron chi connectivity index (χ3n) is 4.96. The fourth-order valence-corrected chi connectivity index (χ4v) is 2.95. The smallest absolute Gasteiger partial charge is 0.273 e. The second-order valence-corrected chi connectivity index (χ2v) is 7.03. The molecule has 1 rings (SSSR count). The Hall–Kier alpha value is -1.32. The lowest BCUT2D eigenvalue weighted by Gasteiger charge is -2.45. The van der Waals surface area contributed by atoms with Crippen molar-refractivity contribution in [3.05, 3.63) is 17.5 Å². The van der Waals surface area contributed by atoms with Crippen molar-refractivity contribution in [2.24, 2.45) is 5.41 Å². The van der Waals surface area contributed by atoms with Gasteiger partial charge in [0.2, 0.25) is 0 Å². The van der Waals surface area contributed by atoms with Gasteiger partial charge in [-0.2, -0.15) is 0 Å². The van der Waals surface area contributed by atoms with E-state index in [0.29, 0.717) is 5.69 Å². The first-order chi connectivity index (χ1) is 10.3. The second-order valence-electron chi connectivity index (χ2n) is 7.03. The molecule has 22 heavy (non-hydrogen) atoms. The summed E-state index contributed by atoms with van der Waals surface area (Å²) in [6.45, 7) is 12.9. The Morgan fingerprint density at radius 3 is 2.36 bits per heavy atom. The summed E-state index contributed by atoms with van der Waals surface area (Å²) in [5.41, 5.74) is 0.157. The van der Waals surface area contributed by atoms with E-state index in [2.05, 4.69) is 45.1 Å². The molecule has 1 aromatic rings. The molecule has 0 saturated carbocycles. The summed E-state index contributed by atoms with van der Waals surface area (Å²) in [6.07, 6.45) is 6.42. The first-order valence-corrected chi connectivity index (χ1v) is 8.57. The van der Waals surface area contributed by atoms with Crippen LogP contribution in [-0.2, 0) is 6.42 Å². The van der Waals surface area contributed by atoms with Crippen molar-refractivity contribution < 1.29 is 9.32 Å². The van der Waals surface area contributed by atoms with Crippen molar-refractivity contribution in [2.45, 2.75) is 85.6 Å². The first-order valence-electron chi connectivity index (χ1n) is 8.57. The largest absolute Gasteiger partial charge is 0.361 e. The maximum absolute atomic E-state index is 12.5. The molecular formula is C18H32N2O2. The molecular weight excluding hydrogens is 276 g/mol. The zero-order chi connectivity index (χ0) is 16.8. The summed E-state index contributed by atoms with van der Waals surface area (Å²) < 4.78 is 5.14. The van der Waals surface area contributed by atoms with Crippen LogP contribution in [0.15, 0.2) is 10.6 Å². The molecule has 1 heterocycles. The summed E-state index contributed by atoms with van der Waals surface area (Å²) in [7, 11) is 0. The SMILES string of the molecule is CCCCC(C)(CCC)C(C)(C)NC(=O)c1cc(CC)on1. The van der Waals surface area contributed by atoms with E-state index < -0.39 is 0 Å². The van der Waals surface area contributed by atoms with Crippen LogP contribution in [0, 0.1) is 5.41 Å². The predicted molar refractivity (Wildman–Crippen MR) is 90.0 cm³/mol. The van der Waals surface area contributed by atoms with Crippen LogP contribution in [0.2, 0.25) is 0 Å². The maximum atomic E-state index is 12.5. The van der Waals surface area contributed by atoms with Gasteiger partial charge in [0.05, 0.1) is 0 Å². The fraction of sp³-hybridized carbons (Fsp3) is 0.778. The number of carbonyl (C=O) groups is 1. The van der Waals surface area contributed by atoms with Gasteiger partial charge in [-0.05, 0) is 32.1 Å². The van der Waals surface area contributed by atoms with Gasteiger partial charge < -0.3 is 9.84 Å². The van der Waals surface area contributed by atoms with Crippen LogP contribution in [0.3, 0.4) is 0 Å². The topological polar surface area (TPSA) is 55.1 Å². The van der Waals surface area contributed by atoms with Crippen molar-refractivity contribution in [1.82, 2.24) is 10.5 Å². The number of carbonyl (C=O) groups excluding carboxylic acids is 1. The zero-order valence-corrected chi connectivity index (χ0v) is 15.1. The molecule has 4 heteroatoms. The van der Waals surface area contributed by atoms with Crippen LogP contribution in [0.4, 0.5) is 0 Å². The van der Waals surface area contributed by atoms with Crippen LogP contribution in [0.1, 0.15) is 89.9 Å². The third kappa shape index (κ3) is 4.34. The molecule has 0 aliphatic heterocycles. The highest BCUT2D eigenvalue weighted by atomic mass is 16.5. The van der Waals surface area contributed by atoms with Crippen molar-refractivity contribution >= 4 is 5.91 Å². The minimum absolute atomic E-state index is 0.0741. The average Bonchev–Trinajstić information content (AvgIpc) is 2.94. The number of aromatic nitrogens is 1. The predicted octanol–water partition coefficient (Wildman–Crippen LogP) is 4.74. The molecule has 1 atom stereocenters. The highest BCUT2D eigenvalue weighted by Gasteiger charge is 2.41. The van der Waals surface area contributed by atoms with Crippen LogP contribution < -0.4 is 5.32 Å². The lowest BCUT2D eigenvalue weighted by atomic mass is 9.67. The Balaban J connectivity index is 2.87. The monoisotopic (exact) mass is 308 g/mol. The zero-order valence-electron chi connectivity index (χ0n) is 15.1. The van der Waals surface area contributed by atoms with Crippen LogP contribution in [0.5, 0.6) is 0 Å². The van der Waals surface area contributed by atoms with Crippen molar-refractivity contribution in [1.29, 1.82) is 0 Å². The van der Waals surface area contributed by atoms with E-state index in [1.54, 1.807) is 6.07 Å². The molecule has 4 nitrogen and oxygen atoms in total. The fourth-order valence-electron chi connectivity index (χ4n) is 2.95. The first kappa shape index (κ1) is 18.7. The Morgan fingerprint density at radius 2 is 1.86 bits per heavy atom. The minimum atomic E-state index is -0.291. The van der Waals surface area contributed by atoms with E-state index in [1.807, 2.05) is 6.92 Å². The molecule has 0 saturated heterocycles. The Morgan fingerprint density at radius 1 is 1.18 bits per heavy atom. The minimum Gasteiger partial charge on any atom is -0.361 e. The molecule has 0 spiro atoms. The van der Waals surface area contributed by atoms with Gasteiger partial charge in [0.25, 0.3) is 5.91 Å². The lowest BCUT2D eigenvalue weighted by molar-refractivity contribution is 0.0697. The van der Waals surface area contributed by atoms with Gasteiger partial charge in [0.15, 0.2) is 5.69 Å². The molecule has 0 aromatic carbocycles. The van der Waals surface area contributed by atoms with Crippen molar-refractivity contribution in [3.63, 3.8) is 0 Å². The van der Waals surface area contributed by atoms with Gasteiger partial charge in [0.1, 0.15) is 5.76 Å². The molecule has 0 bridgehead atoms. The molecule has 0 fully saturated rings. The summed E-state index contributed by atoms with van der Waals surface area (Å²) in [5.74, 6) is 0.595. The Kier molecular flexibility index (Phi) is 6.64. The number of rotatable bonds is 9. The number of nitrogens with one attached hydrogen (secondary N) is 1. The Labute approximate surface area is 135 Å². The average molecular weight is 308 g/mol. The van der Waals surface area contributed by atoms with E-state index >= 15 is 0 Å². The van der Waals surface area contributed by atoms with Crippen molar-refractivity contribution in [2.75, 3.05) is 0 Å². The van der Waals surface area contributed by atoms with Crippen molar-refractivity contribution in [3.8, 4) is 0 Å². The van der Waals surface area contributed by atoms with Crippen LogP contribution in [-0.4, -0.2) is 16.6 Å². The molecule has 0 aliphatic carbocycles. The van der Waals surface area contributed by atoms with Crippen LogP contribution >= 0.6 is 0 Å². The Bertz CT molecular complexity index is 479. The van der Waals surface area contributed by atoms with E-state index in [4.69, 9.17) is 4.52 Å². The number of aryl methyl sites for hydroxylation is 1. The normalized spacial score (nSPS) is 14.6. The van der Waals surface area contributed by atoms with Gasteiger partial charge in [-0.15, -0.1) is 0 Å². The number of nitrogens with zero attached hydrogens (tertiary/aromatic N) is 1. The summed E-state index contributed by atoms with van der Waals surface area (Å²) in [4.78, 5) is 12.5. The molecule has 1 unspecified atom stereocenters. The van der Waals surface area contributed by atoms with E-state index in [9.17, 15) is 4.79 Å². The molecule has 126 valence electrons. The molecule has 1 N–H and O–H groups in total. The van der Waals surface area contributed by atoms with E-state index in [1.165, 1.54) is 12.8 Å². The number of hydrogen-bond donors (Lipinski definition) is 1. The van der Waals surface area contributed by atoms with Gasteiger partial charge in [-0.25, -0.2) is 0 Å². The summed E-state index contributed by atoms with van der Waals surface area (Å²) in [6, 6.07) is 1.73. The molecule has 0 aliphatic rings. The van der Waals surface area contributed by atoms with E-state index in [0.717, 1.165) is 31.4 Å². The quantitative estimate of drug-likeness (QED) is 0.716. The molecule has 1 amide bonds. The molecule has 1 aromatic heterocycles. The van der Waals surface area contributed by atoms with Gasteiger partial charge in [0, 0.05) is 18.0 Å². The highest BCUT2D eigenvalue weighted by molar-refractivity contribution is 5.92. The van der Waals surface area contributed by atoms with Gasteiger partial charge >= 0.3 is 0 Å².